The number of hydrogen-bond acceptors (Lipinski definition) is 5. The van der Waals surface area contributed by atoms with Crippen molar-refractivity contribution in [3.05, 3.63) is 4.13 Å². The number of unbranched alkanes of at least 4 members (excludes halogenated alkanes) is 1. The van der Waals surface area contributed by atoms with Crippen molar-refractivity contribution in [1.82, 2.24) is 0 Å². The number of halogens is 6. The van der Waals surface area contributed by atoms with Crippen molar-refractivity contribution in [2.75, 3.05) is 41.4 Å². The molecule has 0 aliphatic heterocycles. The largest absolute Gasteiger partial charge is 0.480 e. The van der Waals surface area contributed by atoms with Gasteiger partial charge in [-0.15, -0.1) is 0 Å². The van der Waals surface area contributed by atoms with Gasteiger partial charge in [0, 0.05) is 13.7 Å². The number of nitrogens with zero attached hydrogens (tertiary/aromatic N) is 2. The Hall–Kier alpha value is -0.640. The lowest BCUT2D eigenvalue weighted by Crippen LogP contribution is -2.35. The molecule has 0 aliphatic rings. The van der Waals surface area contributed by atoms with Crippen LogP contribution in [0.3, 0.4) is 0 Å². The second-order valence-electron chi connectivity index (χ2n) is 5.63. The van der Waals surface area contributed by atoms with Crippen LogP contribution in [-0.4, -0.2) is 73.7 Å². The lowest BCUT2D eigenvalue weighted by atomic mass is 10.3. The first-order valence-corrected chi connectivity index (χ1v) is 9.31. The quantitative estimate of drug-likeness (QED) is 0.354. The molecule has 0 fully saturated rings. The summed E-state index contributed by atoms with van der Waals surface area (Å²) in [5, 5.41) is 0. The summed E-state index contributed by atoms with van der Waals surface area (Å²) in [5.74, 6) is 0. The Morgan fingerprint density at radius 3 is 1.44 bits per heavy atom. The van der Waals surface area contributed by atoms with Crippen molar-refractivity contribution in [2.45, 2.75) is 23.9 Å². The molecule has 0 bridgehead atoms. The van der Waals surface area contributed by atoms with Gasteiger partial charge in [-0.3, -0.25) is 0 Å². The van der Waals surface area contributed by atoms with Gasteiger partial charge in [0.05, 0.1) is 27.7 Å². The highest BCUT2D eigenvalue weighted by Gasteiger charge is 2.46. The van der Waals surface area contributed by atoms with Crippen molar-refractivity contribution >= 4 is 20.0 Å². The molecule has 0 spiro atoms. The van der Waals surface area contributed by atoms with Gasteiger partial charge in [-0.25, -0.2) is 16.8 Å². The lowest BCUT2D eigenvalue weighted by Gasteiger charge is -2.23. The van der Waals surface area contributed by atoms with E-state index in [1.54, 1.807) is 7.11 Å². The van der Waals surface area contributed by atoms with Crippen LogP contribution in [0.1, 0.15) is 12.8 Å². The zero-order valence-electron chi connectivity index (χ0n) is 13.8. The molecule has 0 rings (SSSR count). The SMILES string of the molecule is COCCCC[N+](C)(C)C.O=S(=O)([N-]S(=O)(=O)C(F)(F)F)C(F)(F)F. The number of sulfonamides is 2. The van der Waals surface area contributed by atoms with Crippen LogP contribution in [0.5, 0.6) is 0 Å². The van der Waals surface area contributed by atoms with Crippen molar-refractivity contribution in [3.8, 4) is 0 Å². The number of methoxy groups -OCH3 is 1. The normalized spacial score (nSPS) is 14.0. The Labute approximate surface area is 142 Å². The Balaban J connectivity index is 0. The molecule has 0 aromatic carbocycles. The fourth-order valence-electron chi connectivity index (χ4n) is 1.05. The zero-order valence-corrected chi connectivity index (χ0v) is 15.5. The maximum atomic E-state index is 11.4. The standard InChI is InChI=1S/C8H20NO.C2F6NO4S2/c1-9(2,3)7-5-6-8-10-4;3-1(4,5)14(10,11)9-15(12,13)2(6,7)8/h5-8H2,1-4H3;/q+1;-1. The molecule has 0 saturated heterocycles. The molecule has 0 saturated carbocycles. The summed E-state index contributed by atoms with van der Waals surface area (Å²) in [6.45, 7) is 2.14. The van der Waals surface area contributed by atoms with Crippen LogP contribution in [0.2, 0.25) is 0 Å². The minimum Gasteiger partial charge on any atom is -0.421 e. The van der Waals surface area contributed by atoms with Crippen LogP contribution < -0.4 is 0 Å². The van der Waals surface area contributed by atoms with Crippen LogP contribution in [-0.2, 0) is 24.8 Å². The molecule has 7 nitrogen and oxygen atoms in total. The van der Waals surface area contributed by atoms with Crippen LogP contribution in [0.15, 0.2) is 0 Å². The van der Waals surface area contributed by atoms with Gasteiger partial charge < -0.3 is 13.3 Å². The number of rotatable bonds is 7. The third-order valence-electron chi connectivity index (χ3n) is 2.21. The Bertz CT molecular complexity index is 551. The first-order valence-electron chi connectivity index (χ1n) is 6.43. The van der Waals surface area contributed by atoms with Crippen molar-refractivity contribution in [2.24, 2.45) is 0 Å². The first-order chi connectivity index (χ1) is 10.8. The molecular weight excluding hydrogens is 406 g/mol. The van der Waals surface area contributed by atoms with E-state index in [1.807, 2.05) is 0 Å². The van der Waals surface area contributed by atoms with Crippen LogP contribution in [0, 0.1) is 0 Å². The third kappa shape index (κ3) is 11.6. The summed E-state index contributed by atoms with van der Waals surface area (Å²) in [6.07, 6.45) is 2.45. The third-order valence-corrected chi connectivity index (χ3v) is 4.95. The van der Waals surface area contributed by atoms with E-state index in [9.17, 15) is 43.2 Å². The average Bonchev–Trinajstić information content (AvgIpc) is 2.30. The Morgan fingerprint density at radius 1 is 0.840 bits per heavy atom. The molecule has 154 valence electrons. The van der Waals surface area contributed by atoms with Gasteiger partial charge in [-0.1, -0.05) is 0 Å². The van der Waals surface area contributed by atoms with E-state index in [0.29, 0.717) is 0 Å². The van der Waals surface area contributed by atoms with Gasteiger partial charge >= 0.3 is 11.0 Å². The van der Waals surface area contributed by atoms with E-state index in [4.69, 9.17) is 4.74 Å². The van der Waals surface area contributed by atoms with Crippen molar-refractivity contribution in [1.29, 1.82) is 0 Å². The van der Waals surface area contributed by atoms with E-state index >= 15 is 0 Å². The number of alkyl halides is 6. The fraction of sp³-hybridized carbons (Fsp3) is 1.00. The Morgan fingerprint density at radius 2 is 1.20 bits per heavy atom. The van der Waals surface area contributed by atoms with E-state index in [2.05, 4.69) is 21.1 Å². The zero-order chi connectivity index (χ0) is 20.7. The van der Waals surface area contributed by atoms with Crippen LogP contribution in [0.25, 0.3) is 4.13 Å². The van der Waals surface area contributed by atoms with Gasteiger partial charge in [0.25, 0.3) is 0 Å². The number of quaternary nitrogens is 1. The van der Waals surface area contributed by atoms with Gasteiger partial charge in [0.2, 0.25) is 0 Å². The number of hydrogen-bond donors (Lipinski definition) is 0. The molecule has 0 aromatic rings. The molecule has 0 radical (unpaired) electrons. The minimum atomic E-state index is -6.72. The van der Waals surface area contributed by atoms with Crippen molar-refractivity contribution in [3.63, 3.8) is 0 Å². The summed E-state index contributed by atoms with van der Waals surface area (Å²) in [6, 6.07) is 0. The van der Waals surface area contributed by atoms with Crippen molar-refractivity contribution < 1.29 is 52.4 Å². The van der Waals surface area contributed by atoms with E-state index < -0.39 is 31.1 Å². The lowest BCUT2D eigenvalue weighted by molar-refractivity contribution is -0.870. The molecule has 0 amide bonds. The molecule has 0 unspecified atom stereocenters. The minimum absolute atomic E-state index is 0.778. The maximum absolute atomic E-state index is 11.4. The summed E-state index contributed by atoms with van der Waals surface area (Å²) >= 11 is 0. The molecular formula is C10H20F6N2O5S2. The second-order valence-corrected chi connectivity index (χ2v) is 9.05. The van der Waals surface area contributed by atoms with Crippen LogP contribution >= 0.6 is 0 Å². The predicted octanol–water partition coefficient (Wildman–Crippen LogP) is 2.18. The highest BCUT2D eigenvalue weighted by Crippen LogP contribution is 2.36. The molecule has 0 N–H and O–H groups in total. The summed E-state index contributed by atoms with van der Waals surface area (Å²) in [7, 11) is -5.04. The van der Waals surface area contributed by atoms with Crippen LogP contribution in [0.4, 0.5) is 26.3 Å². The highest BCUT2D eigenvalue weighted by atomic mass is 32.3. The summed E-state index contributed by atoms with van der Waals surface area (Å²) in [5.41, 5.74) is -12.4. The topological polar surface area (TPSA) is 91.6 Å². The molecule has 15 heteroatoms. The summed E-state index contributed by atoms with van der Waals surface area (Å²) < 4.78 is 115. The van der Waals surface area contributed by atoms with Gasteiger partial charge in [0.1, 0.15) is 0 Å². The van der Waals surface area contributed by atoms with E-state index in [-0.39, 0.29) is 0 Å². The second kappa shape index (κ2) is 9.34. The smallest absolute Gasteiger partial charge is 0.421 e. The molecule has 25 heavy (non-hydrogen) atoms. The van der Waals surface area contributed by atoms with E-state index in [0.717, 1.165) is 15.2 Å². The van der Waals surface area contributed by atoms with Gasteiger partial charge in [-0.2, -0.15) is 26.3 Å². The highest BCUT2D eigenvalue weighted by molar-refractivity contribution is 8.13. The average molecular weight is 426 g/mol. The predicted molar refractivity (Wildman–Crippen MR) is 77.3 cm³/mol. The van der Waals surface area contributed by atoms with E-state index in [1.165, 1.54) is 19.4 Å². The summed E-state index contributed by atoms with van der Waals surface area (Å²) in [4.78, 5) is 0. The Kier molecular flexibility index (Phi) is 9.93. The molecule has 0 aliphatic carbocycles. The molecule has 0 heterocycles. The maximum Gasteiger partial charge on any atom is 0.480 e. The van der Waals surface area contributed by atoms with Gasteiger partial charge in [-0.05, 0) is 12.8 Å². The monoisotopic (exact) mass is 426 g/mol. The van der Waals surface area contributed by atoms with Gasteiger partial charge in [0.15, 0.2) is 20.0 Å². The molecule has 0 atom stereocenters. The fourth-order valence-corrected chi connectivity index (χ4v) is 2.76. The first kappa shape index (κ1) is 26.6. The number of ether oxygens (including phenoxy) is 1. The molecule has 0 aromatic heterocycles.